The van der Waals surface area contributed by atoms with E-state index < -0.39 is 17.4 Å². The number of fused-ring (bicyclic) bond motifs is 3. The van der Waals surface area contributed by atoms with Gasteiger partial charge in [0.25, 0.3) is 0 Å². The molecule has 0 spiro atoms. The largest absolute Gasteiger partial charge is 0.478 e. The van der Waals surface area contributed by atoms with Gasteiger partial charge in [-0.15, -0.1) is 0 Å². The van der Waals surface area contributed by atoms with Crippen LogP contribution in [0.2, 0.25) is 0 Å². The monoisotopic (exact) mass is 529 g/mol. The summed E-state index contributed by atoms with van der Waals surface area (Å²) < 4.78 is 0. The van der Waals surface area contributed by atoms with Gasteiger partial charge in [-0.1, -0.05) is 77.1 Å². The fourth-order valence-corrected chi connectivity index (χ4v) is 3.88. The Morgan fingerprint density at radius 3 is 2.05 bits per heavy atom. The third kappa shape index (κ3) is 7.61. The lowest BCUT2D eigenvalue weighted by atomic mass is 9.95. The van der Waals surface area contributed by atoms with Gasteiger partial charge in [0, 0.05) is 28.6 Å². The summed E-state index contributed by atoms with van der Waals surface area (Å²) in [6.45, 7) is 11.9. The van der Waals surface area contributed by atoms with Crippen molar-refractivity contribution in [3.05, 3.63) is 83.4 Å². The molecule has 2 aromatic carbocycles. The maximum atomic E-state index is 12.3. The summed E-state index contributed by atoms with van der Waals surface area (Å²) >= 11 is 0. The number of aromatic nitrogens is 1. The van der Waals surface area contributed by atoms with Crippen LogP contribution in [-0.2, 0) is 11.3 Å². The Hall–Kier alpha value is -4.30. The highest BCUT2D eigenvalue weighted by atomic mass is 16.4. The molecule has 0 saturated heterocycles. The number of para-hydroxylation sites is 1. The fraction of sp³-hybridized carbons (Fsp3) is 0.290. The Morgan fingerprint density at radius 2 is 1.49 bits per heavy atom. The average Bonchev–Trinajstić information content (AvgIpc) is 3.08. The number of hydrogen-bond donors (Lipinski definition) is 4. The number of aromatic carboxylic acids is 2. The molecule has 0 bridgehead atoms. The second kappa shape index (κ2) is 12.5. The van der Waals surface area contributed by atoms with Gasteiger partial charge in [0.2, 0.25) is 5.91 Å². The van der Waals surface area contributed by atoms with E-state index in [0.29, 0.717) is 5.92 Å². The van der Waals surface area contributed by atoms with Gasteiger partial charge in [-0.2, -0.15) is 0 Å². The van der Waals surface area contributed by atoms with Crippen LogP contribution in [0.1, 0.15) is 60.9 Å². The van der Waals surface area contributed by atoms with Crippen molar-refractivity contribution in [1.82, 2.24) is 10.3 Å². The van der Waals surface area contributed by atoms with E-state index in [0.717, 1.165) is 40.9 Å². The first-order valence-corrected chi connectivity index (χ1v) is 12.8. The Balaban J connectivity index is 0.000000293. The number of anilines is 1. The molecule has 0 fully saturated rings. The maximum Gasteiger partial charge on any atom is 0.336 e. The van der Waals surface area contributed by atoms with Gasteiger partial charge in [-0.25, -0.2) is 14.6 Å². The van der Waals surface area contributed by atoms with Gasteiger partial charge >= 0.3 is 11.9 Å². The summed E-state index contributed by atoms with van der Waals surface area (Å²) in [6.07, 6.45) is 0. The molecule has 4 rings (SSSR count). The van der Waals surface area contributed by atoms with Gasteiger partial charge < -0.3 is 20.8 Å². The number of carboxylic acid groups (broad SMARTS) is 2. The standard InChI is InChI=1S/C23H29N3O.C8H6O4/c1-15(2)13-24-14-16-8-6-11-19-18-10-7-9-17(12-20(18)26-21(16)19)25-22(27)23(3,4)5;9-7(10)5-3-1-2-4-6(5)8(11)12/h6-12,15,24H,13-14H2,1-5H3,(H,25,27);1-4H,(H,9,10)(H,11,12). The van der Waals surface area contributed by atoms with Crippen LogP contribution < -0.4 is 10.6 Å². The average molecular weight is 530 g/mol. The summed E-state index contributed by atoms with van der Waals surface area (Å²) in [4.78, 5) is 38.1. The van der Waals surface area contributed by atoms with Crippen molar-refractivity contribution in [2.24, 2.45) is 11.3 Å². The number of carbonyl (C=O) groups is 3. The summed E-state index contributed by atoms with van der Waals surface area (Å²) in [5.41, 5.74) is 4.19. The number of nitrogens with one attached hydrogen (secondary N) is 2. The topological polar surface area (TPSA) is 129 Å². The minimum absolute atomic E-state index is 0.00321. The highest BCUT2D eigenvalue weighted by molar-refractivity contribution is 6.02. The first kappa shape index (κ1) is 29.3. The first-order valence-electron chi connectivity index (χ1n) is 12.8. The van der Waals surface area contributed by atoms with Gasteiger partial charge in [-0.05, 0) is 42.3 Å². The molecule has 1 heterocycles. The molecule has 8 nitrogen and oxygen atoms in total. The molecule has 1 amide bonds. The highest BCUT2D eigenvalue weighted by Gasteiger charge is 2.22. The van der Waals surface area contributed by atoms with Crippen LogP contribution in [0.25, 0.3) is 22.2 Å². The van der Waals surface area contributed by atoms with Gasteiger partial charge in [-0.3, -0.25) is 4.79 Å². The summed E-state index contributed by atoms with van der Waals surface area (Å²) in [7, 11) is 0. The van der Waals surface area contributed by atoms with Gasteiger partial charge in [0.05, 0.1) is 22.3 Å². The lowest BCUT2D eigenvalue weighted by Gasteiger charge is -2.17. The van der Waals surface area contributed by atoms with Crippen molar-refractivity contribution in [3.8, 4) is 11.3 Å². The number of carboxylic acids is 2. The van der Waals surface area contributed by atoms with E-state index in [-0.39, 0.29) is 17.0 Å². The zero-order valence-corrected chi connectivity index (χ0v) is 22.9. The third-order valence-electron chi connectivity index (χ3n) is 5.94. The number of carbonyl (C=O) groups excluding carboxylic acids is 1. The molecular weight excluding hydrogens is 494 g/mol. The molecular formula is C31H35N3O5. The maximum absolute atomic E-state index is 12.3. The number of benzene rings is 2. The zero-order chi connectivity index (χ0) is 28.7. The molecule has 0 aromatic heterocycles. The van der Waals surface area contributed by atoms with Crippen LogP contribution in [0.15, 0.2) is 66.7 Å². The second-order valence-corrected chi connectivity index (χ2v) is 10.7. The number of nitrogens with zero attached hydrogens (tertiary/aromatic N) is 1. The van der Waals surface area contributed by atoms with E-state index in [1.165, 1.54) is 29.8 Å². The molecule has 1 aliphatic carbocycles. The van der Waals surface area contributed by atoms with Crippen molar-refractivity contribution >= 4 is 34.4 Å². The fourth-order valence-electron chi connectivity index (χ4n) is 3.88. The van der Waals surface area contributed by atoms with E-state index in [1.807, 2.05) is 39.0 Å². The van der Waals surface area contributed by atoms with E-state index in [2.05, 4.69) is 48.7 Å². The Morgan fingerprint density at radius 1 is 0.872 bits per heavy atom. The minimum Gasteiger partial charge on any atom is -0.478 e. The van der Waals surface area contributed by atoms with Crippen molar-refractivity contribution < 1.29 is 24.6 Å². The van der Waals surface area contributed by atoms with E-state index in [1.54, 1.807) is 0 Å². The van der Waals surface area contributed by atoms with Crippen LogP contribution in [0.5, 0.6) is 0 Å². The van der Waals surface area contributed by atoms with Crippen LogP contribution in [0.4, 0.5) is 5.69 Å². The zero-order valence-electron chi connectivity index (χ0n) is 22.9. The highest BCUT2D eigenvalue weighted by Crippen LogP contribution is 2.33. The molecule has 8 heteroatoms. The third-order valence-corrected chi connectivity index (χ3v) is 5.94. The lowest BCUT2D eigenvalue weighted by molar-refractivity contribution is -0.123. The Kier molecular flexibility index (Phi) is 9.37. The molecule has 204 valence electrons. The van der Waals surface area contributed by atoms with Crippen molar-refractivity contribution in [2.75, 3.05) is 11.9 Å². The SMILES string of the molecule is CC(C)CNCc1cccc2c3cccc(NC(=O)C(C)(C)C)cc-3nc12.O=C(O)c1ccccc1C(=O)O. The molecule has 0 saturated carbocycles. The molecule has 39 heavy (non-hydrogen) atoms. The summed E-state index contributed by atoms with van der Waals surface area (Å²) in [6, 6.07) is 19.7. The Bertz CT molecular complexity index is 1420. The van der Waals surface area contributed by atoms with Gasteiger partial charge in [0.15, 0.2) is 0 Å². The van der Waals surface area contributed by atoms with E-state index >= 15 is 0 Å². The van der Waals surface area contributed by atoms with Crippen molar-refractivity contribution in [1.29, 1.82) is 0 Å². The van der Waals surface area contributed by atoms with Crippen molar-refractivity contribution in [3.63, 3.8) is 0 Å². The molecule has 0 radical (unpaired) electrons. The van der Waals surface area contributed by atoms with Crippen LogP contribution in [0, 0.1) is 11.3 Å². The Labute approximate surface area is 228 Å². The van der Waals surface area contributed by atoms with Crippen LogP contribution in [-0.4, -0.2) is 39.6 Å². The van der Waals surface area contributed by atoms with Crippen LogP contribution in [0.3, 0.4) is 0 Å². The molecule has 2 aromatic rings. The first-order chi connectivity index (χ1) is 18.4. The molecule has 1 aliphatic heterocycles. The molecule has 0 unspecified atom stereocenters. The number of hydrogen-bond acceptors (Lipinski definition) is 5. The predicted molar refractivity (Wildman–Crippen MR) is 153 cm³/mol. The number of rotatable bonds is 7. The lowest BCUT2D eigenvalue weighted by Crippen LogP contribution is -2.27. The van der Waals surface area contributed by atoms with Crippen molar-refractivity contribution in [2.45, 2.75) is 41.2 Å². The summed E-state index contributed by atoms with van der Waals surface area (Å²) in [5, 5.41) is 24.8. The number of amides is 1. The van der Waals surface area contributed by atoms with E-state index in [9.17, 15) is 14.4 Å². The molecule has 0 atom stereocenters. The smallest absolute Gasteiger partial charge is 0.336 e. The predicted octanol–water partition coefficient (Wildman–Crippen LogP) is 6.15. The normalized spacial score (nSPS) is 11.2. The molecule has 4 N–H and O–H groups in total. The second-order valence-electron chi connectivity index (χ2n) is 10.7. The molecule has 2 aliphatic rings. The van der Waals surface area contributed by atoms with E-state index in [4.69, 9.17) is 15.2 Å². The quantitative estimate of drug-likeness (QED) is 0.226. The van der Waals surface area contributed by atoms with Crippen LogP contribution >= 0.6 is 0 Å². The van der Waals surface area contributed by atoms with Gasteiger partial charge in [0.1, 0.15) is 0 Å². The minimum atomic E-state index is -1.23. The summed E-state index contributed by atoms with van der Waals surface area (Å²) in [5.74, 6) is -1.85.